The first-order valence-electron chi connectivity index (χ1n) is 6.53. The summed E-state index contributed by atoms with van der Waals surface area (Å²) in [5.74, 6) is -0.515. The van der Waals surface area contributed by atoms with Gasteiger partial charge in [0.05, 0.1) is 6.04 Å². The summed E-state index contributed by atoms with van der Waals surface area (Å²) in [6.07, 6.45) is 4.27. The Hall–Kier alpha value is -1.79. The van der Waals surface area contributed by atoms with Crippen molar-refractivity contribution >= 4 is 27.5 Å². The van der Waals surface area contributed by atoms with Crippen LogP contribution < -0.4 is 11.1 Å². The highest BCUT2D eigenvalue weighted by atomic mass is 79.9. The summed E-state index contributed by atoms with van der Waals surface area (Å²) in [4.78, 5) is 15.4. The van der Waals surface area contributed by atoms with Gasteiger partial charge < -0.3 is 11.1 Å². The number of amides is 1. The van der Waals surface area contributed by atoms with Crippen LogP contribution in [0.15, 0.2) is 35.1 Å². The van der Waals surface area contributed by atoms with Gasteiger partial charge in [0.15, 0.2) is 0 Å². The van der Waals surface area contributed by atoms with Crippen LogP contribution in [0.4, 0.5) is 10.1 Å². The molecule has 0 saturated carbocycles. The fourth-order valence-corrected chi connectivity index (χ4v) is 2.82. The second-order valence-electron chi connectivity index (χ2n) is 4.99. The summed E-state index contributed by atoms with van der Waals surface area (Å²) in [5.41, 5.74) is 8.73. The maximum Gasteiger partial charge on any atom is 0.224 e. The molecule has 21 heavy (non-hydrogen) atoms. The molecule has 0 saturated heterocycles. The zero-order chi connectivity index (χ0) is 15.0. The van der Waals surface area contributed by atoms with Gasteiger partial charge in [-0.2, -0.15) is 0 Å². The summed E-state index contributed by atoms with van der Waals surface area (Å²) in [6, 6.07) is 4.29. The molecule has 0 bridgehead atoms. The number of nitrogens with zero attached hydrogens (tertiary/aromatic N) is 1. The number of hydrogen-bond donors (Lipinski definition) is 2. The highest BCUT2D eigenvalue weighted by Crippen LogP contribution is 2.30. The van der Waals surface area contributed by atoms with Crippen molar-refractivity contribution in [2.24, 2.45) is 5.73 Å². The molecule has 1 atom stereocenters. The van der Waals surface area contributed by atoms with Crippen LogP contribution in [0, 0.1) is 5.82 Å². The first kappa shape index (κ1) is 14.2. The van der Waals surface area contributed by atoms with E-state index in [4.69, 9.17) is 5.73 Å². The normalized spacial score (nSPS) is 15.3. The lowest BCUT2D eigenvalue weighted by Gasteiger charge is -2.20. The van der Waals surface area contributed by atoms with Crippen molar-refractivity contribution in [3.05, 3.63) is 57.6 Å². The maximum atomic E-state index is 14.3. The van der Waals surface area contributed by atoms with Gasteiger partial charge in [0.1, 0.15) is 5.82 Å². The Morgan fingerprint density at radius 2 is 2.10 bits per heavy atom. The van der Waals surface area contributed by atoms with Crippen LogP contribution in [0.1, 0.15) is 29.2 Å². The van der Waals surface area contributed by atoms with Crippen molar-refractivity contribution < 1.29 is 9.18 Å². The lowest BCUT2D eigenvalue weighted by atomic mass is 9.94. The number of hydrogen-bond acceptors (Lipinski definition) is 3. The van der Waals surface area contributed by atoms with Crippen molar-refractivity contribution in [2.45, 2.75) is 18.9 Å². The largest absolute Gasteiger partial charge is 0.326 e. The van der Waals surface area contributed by atoms with Gasteiger partial charge in [-0.05, 0) is 51.7 Å². The number of carbonyl (C=O) groups excluding carboxylic acids is 1. The summed E-state index contributed by atoms with van der Waals surface area (Å²) in [7, 11) is 0. The second kappa shape index (κ2) is 5.54. The molecule has 0 radical (unpaired) electrons. The second-order valence-corrected chi connectivity index (χ2v) is 5.91. The average molecular weight is 350 g/mol. The third-order valence-electron chi connectivity index (χ3n) is 3.54. The van der Waals surface area contributed by atoms with Crippen LogP contribution in [0.5, 0.6) is 0 Å². The van der Waals surface area contributed by atoms with E-state index in [0.29, 0.717) is 24.1 Å². The lowest BCUT2D eigenvalue weighted by molar-refractivity contribution is -0.116. The summed E-state index contributed by atoms with van der Waals surface area (Å²) in [6.45, 7) is 0. The number of fused-ring (bicyclic) bond motifs is 1. The van der Waals surface area contributed by atoms with Gasteiger partial charge in [-0.25, -0.2) is 4.39 Å². The quantitative estimate of drug-likeness (QED) is 0.875. The molecule has 0 fully saturated rings. The molecule has 0 spiro atoms. The average Bonchev–Trinajstić information content (AvgIpc) is 2.45. The van der Waals surface area contributed by atoms with Crippen LogP contribution in [0.2, 0.25) is 0 Å². The van der Waals surface area contributed by atoms with E-state index in [-0.39, 0.29) is 5.91 Å². The Balaban J connectivity index is 2.01. The molecule has 3 rings (SSSR count). The Labute approximate surface area is 129 Å². The zero-order valence-corrected chi connectivity index (χ0v) is 12.7. The van der Waals surface area contributed by atoms with Crippen molar-refractivity contribution in [2.75, 3.05) is 5.32 Å². The number of rotatable bonds is 2. The van der Waals surface area contributed by atoms with Gasteiger partial charge >= 0.3 is 0 Å². The molecule has 2 heterocycles. The van der Waals surface area contributed by atoms with Crippen molar-refractivity contribution in [1.82, 2.24) is 4.98 Å². The minimum Gasteiger partial charge on any atom is -0.326 e. The van der Waals surface area contributed by atoms with E-state index < -0.39 is 11.9 Å². The van der Waals surface area contributed by atoms with E-state index >= 15 is 0 Å². The van der Waals surface area contributed by atoms with Gasteiger partial charge in [-0.3, -0.25) is 9.78 Å². The van der Waals surface area contributed by atoms with E-state index in [1.807, 2.05) is 6.07 Å². The van der Waals surface area contributed by atoms with Gasteiger partial charge in [0.2, 0.25) is 5.91 Å². The molecule has 3 N–H and O–H groups in total. The van der Waals surface area contributed by atoms with Crippen LogP contribution >= 0.6 is 15.9 Å². The highest BCUT2D eigenvalue weighted by Gasteiger charge is 2.21. The number of nitrogens with two attached hydrogens (primary N) is 1. The minimum atomic E-state index is -0.599. The number of pyridine rings is 1. The minimum absolute atomic E-state index is 0.0878. The van der Waals surface area contributed by atoms with Crippen LogP contribution in [0.3, 0.4) is 0 Å². The molecule has 1 aromatic carbocycles. The molecule has 1 aromatic heterocycles. The predicted octanol–water partition coefficient (Wildman–Crippen LogP) is 2.92. The molecule has 2 aromatic rings. The van der Waals surface area contributed by atoms with E-state index in [9.17, 15) is 9.18 Å². The van der Waals surface area contributed by atoms with Crippen LogP contribution in [-0.4, -0.2) is 10.9 Å². The Bertz CT molecular complexity index is 720. The predicted molar refractivity (Wildman–Crippen MR) is 81.3 cm³/mol. The summed E-state index contributed by atoms with van der Waals surface area (Å²) >= 11 is 3.33. The highest BCUT2D eigenvalue weighted by molar-refractivity contribution is 9.10. The third kappa shape index (κ3) is 2.82. The van der Waals surface area contributed by atoms with E-state index in [0.717, 1.165) is 15.6 Å². The molecule has 1 aliphatic rings. The number of halogens is 2. The smallest absolute Gasteiger partial charge is 0.224 e. The van der Waals surface area contributed by atoms with Gasteiger partial charge in [0, 0.05) is 34.5 Å². The van der Waals surface area contributed by atoms with Gasteiger partial charge in [0.25, 0.3) is 0 Å². The number of benzene rings is 1. The Morgan fingerprint density at radius 1 is 1.29 bits per heavy atom. The lowest BCUT2D eigenvalue weighted by Crippen LogP contribution is -2.21. The maximum absolute atomic E-state index is 14.3. The number of aromatic nitrogens is 1. The van der Waals surface area contributed by atoms with E-state index in [2.05, 4.69) is 26.2 Å². The van der Waals surface area contributed by atoms with E-state index in [1.54, 1.807) is 18.5 Å². The molecule has 1 aliphatic heterocycles. The first-order chi connectivity index (χ1) is 10.0. The first-order valence-corrected chi connectivity index (χ1v) is 7.32. The molecule has 1 amide bonds. The Kier molecular flexibility index (Phi) is 3.73. The van der Waals surface area contributed by atoms with Crippen LogP contribution in [-0.2, 0) is 11.2 Å². The van der Waals surface area contributed by atoms with E-state index in [1.165, 1.54) is 6.07 Å². The molecule has 4 nitrogen and oxygen atoms in total. The molecule has 0 aliphatic carbocycles. The molecular formula is C15H13BrFN3O. The fourth-order valence-electron chi connectivity index (χ4n) is 2.44. The number of aryl methyl sites for hydroxylation is 1. The van der Waals surface area contributed by atoms with Crippen molar-refractivity contribution in [1.29, 1.82) is 0 Å². The molecule has 6 heteroatoms. The Morgan fingerprint density at radius 3 is 2.86 bits per heavy atom. The standard InChI is InChI=1S/C15H13BrFN3O/c16-10-3-9(6-19-7-10)15(18)11-4-8-1-2-14(21)20-13(8)5-12(11)17/h3-7,15H,1-2,18H2,(H,20,21). The zero-order valence-electron chi connectivity index (χ0n) is 11.1. The number of carbonyl (C=O) groups is 1. The van der Waals surface area contributed by atoms with Crippen molar-refractivity contribution in [3.63, 3.8) is 0 Å². The summed E-state index contributed by atoms with van der Waals surface area (Å²) < 4.78 is 15.1. The van der Waals surface area contributed by atoms with Crippen LogP contribution in [0.25, 0.3) is 0 Å². The fraction of sp³-hybridized carbons (Fsp3) is 0.200. The number of nitrogens with one attached hydrogen (secondary N) is 1. The number of anilines is 1. The van der Waals surface area contributed by atoms with Gasteiger partial charge in [-0.15, -0.1) is 0 Å². The molecule has 1 unspecified atom stereocenters. The molecular weight excluding hydrogens is 337 g/mol. The van der Waals surface area contributed by atoms with Gasteiger partial charge in [-0.1, -0.05) is 0 Å². The summed E-state index contributed by atoms with van der Waals surface area (Å²) in [5, 5.41) is 2.68. The SMILES string of the molecule is NC(c1cncc(Br)c1)c1cc2c(cc1F)NC(=O)CC2. The molecule has 108 valence electrons. The topological polar surface area (TPSA) is 68.0 Å². The third-order valence-corrected chi connectivity index (χ3v) is 3.97. The monoisotopic (exact) mass is 349 g/mol. The van der Waals surface area contributed by atoms with Crippen molar-refractivity contribution in [3.8, 4) is 0 Å².